The number of nitrogens with one attached hydrogen (secondary N) is 8. The molecular formula is C47H67N13O8. The molecule has 0 saturated carbocycles. The van der Waals surface area contributed by atoms with Crippen LogP contribution >= 0.6 is 0 Å². The third-order valence-electron chi connectivity index (χ3n) is 10.9. The second kappa shape index (κ2) is 28.0. The van der Waals surface area contributed by atoms with Crippen molar-refractivity contribution in [3.05, 3.63) is 95.1 Å². The maximum absolute atomic E-state index is 14.6. The van der Waals surface area contributed by atoms with Gasteiger partial charge in [-0.3, -0.25) is 44.0 Å². The molecule has 4 rings (SSSR count). The van der Waals surface area contributed by atoms with E-state index in [9.17, 15) is 38.7 Å². The van der Waals surface area contributed by atoms with Gasteiger partial charge in [-0.05, 0) is 72.8 Å². The molecule has 0 radical (unpaired) electrons. The molecule has 368 valence electrons. The highest BCUT2D eigenvalue weighted by Gasteiger charge is 2.34. The molecule has 3 aromatic rings. The molecule has 0 aliphatic carbocycles. The number of urea groups is 1. The summed E-state index contributed by atoms with van der Waals surface area (Å²) < 4.78 is 0. The van der Waals surface area contributed by atoms with Crippen molar-refractivity contribution in [1.82, 2.24) is 51.9 Å². The molecule has 2 atom stereocenters. The predicted molar refractivity (Wildman–Crippen MR) is 258 cm³/mol. The van der Waals surface area contributed by atoms with Gasteiger partial charge in [-0.2, -0.15) is 0 Å². The van der Waals surface area contributed by atoms with Crippen molar-refractivity contribution in [2.75, 3.05) is 78.8 Å². The van der Waals surface area contributed by atoms with Gasteiger partial charge in [0.15, 0.2) is 5.96 Å². The average molecular weight is 942 g/mol. The molecule has 11 N–H and O–H groups in total. The number of phenolic OH excluding ortho intramolecular Hbond substituents is 1. The minimum atomic E-state index is -0.985. The van der Waals surface area contributed by atoms with Gasteiger partial charge in [-0.1, -0.05) is 55.5 Å². The number of carbonyl (C=O) groups is 7. The summed E-state index contributed by atoms with van der Waals surface area (Å²) in [6.07, 6.45) is 1.38. The molecule has 1 aliphatic rings. The standard InChI is InChI=1S/C47H67N13O8/c1-5-39(62)52-23-24-54-47(68)57-46(48)53-20-9-15-38(44(66)55-26-32-16-18-37(61)19-17-32)56-45(67)43(60-28-34-11-6-7-12-35(34)29-60)33-13-8-14-36(25-33)50-21-10-22-51-40(63)30-58(3)42(65)31-59(4)41(64)27-49-2/h6-8,11-14,16-19,25,38,43,49-50,61H,5,9-10,15,20-24,26-31H2,1-4H3,(H,51,63)(H,52,62)(H,55,66)(H,56,67)(H4,48,53,54,57,68)/t38-,43+/m1/s1. The second-order valence-electron chi connectivity index (χ2n) is 16.3. The maximum Gasteiger partial charge on any atom is 0.321 e. The Hall–Kier alpha value is -7.26. The van der Waals surface area contributed by atoms with E-state index in [2.05, 4.69) is 52.4 Å². The van der Waals surface area contributed by atoms with Crippen LogP contribution < -0.4 is 48.3 Å². The molecule has 1 heterocycles. The van der Waals surface area contributed by atoms with Crippen LogP contribution in [0.4, 0.5) is 10.5 Å². The Bertz CT molecular complexity index is 2180. The third kappa shape index (κ3) is 18.2. The second-order valence-corrected chi connectivity index (χ2v) is 16.3. The van der Waals surface area contributed by atoms with E-state index >= 15 is 0 Å². The van der Waals surface area contributed by atoms with Crippen molar-refractivity contribution in [1.29, 1.82) is 0 Å². The van der Waals surface area contributed by atoms with Crippen LogP contribution in [0.1, 0.15) is 60.9 Å². The fourth-order valence-corrected chi connectivity index (χ4v) is 7.14. The Labute approximate surface area is 397 Å². The fraction of sp³-hybridized carbons (Fsp3) is 0.447. The highest BCUT2D eigenvalue weighted by atomic mass is 16.3. The summed E-state index contributed by atoms with van der Waals surface area (Å²) in [5.41, 5.74) is 10.3. The van der Waals surface area contributed by atoms with Gasteiger partial charge in [-0.25, -0.2) is 4.79 Å². The number of fused-ring (bicyclic) bond motifs is 1. The van der Waals surface area contributed by atoms with E-state index in [1.165, 1.54) is 36.0 Å². The summed E-state index contributed by atoms with van der Waals surface area (Å²) in [4.78, 5) is 98.2. The number of likely N-dealkylation sites (N-methyl/N-ethyl adjacent to an activating group) is 3. The topological polar surface area (TPSA) is 284 Å². The Kier molecular flexibility index (Phi) is 22.0. The van der Waals surface area contributed by atoms with Crippen LogP contribution in [-0.4, -0.2) is 147 Å². The number of hydrogen-bond acceptors (Lipinski definition) is 12. The normalized spacial score (nSPS) is 13.0. The van der Waals surface area contributed by atoms with Crippen LogP contribution in [0.25, 0.3) is 0 Å². The summed E-state index contributed by atoms with van der Waals surface area (Å²) in [5, 5.41) is 32.3. The molecular weight excluding hydrogens is 875 g/mol. The third-order valence-corrected chi connectivity index (χ3v) is 10.9. The van der Waals surface area contributed by atoms with Crippen LogP contribution in [0.5, 0.6) is 5.75 Å². The van der Waals surface area contributed by atoms with Gasteiger partial charge in [0.1, 0.15) is 17.8 Å². The summed E-state index contributed by atoms with van der Waals surface area (Å²) >= 11 is 0. The lowest BCUT2D eigenvalue weighted by Crippen LogP contribution is -2.50. The van der Waals surface area contributed by atoms with Crippen molar-refractivity contribution in [3.8, 4) is 5.75 Å². The first kappa shape index (κ1) is 53.4. The molecule has 0 saturated heterocycles. The zero-order valence-electron chi connectivity index (χ0n) is 39.4. The number of anilines is 1. The van der Waals surface area contributed by atoms with E-state index in [0.717, 1.165) is 22.4 Å². The maximum atomic E-state index is 14.6. The van der Waals surface area contributed by atoms with E-state index in [-0.39, 0.29) is 87.6 Å². The number of rotatable bonds is 26. The average Bonchev–Trinajstić information content (AvgIpc) is 3.74. The molecule has 0 spiro atoms. The zero-order valence-corrected chi connectivity index (χ0v) is 39.4. The first-order valence-electron chi connectivity index (χ1n) is 22.7. The van der Waals surface area contributed by atoms with E-state index in [1.54, 1.807) is 26.1 Å². The van der Waals surface area contributed by atoms with Crippen LogP contribution in [-0.2, 0) is 48.4 Å². The first-order chi connectivity index (χ1) is 32.7. The molecule has 0 aromatic heterocycles. The van der Waals surface area contributed by atoms with Crippen LogP contribution in [0.3, 0.4) is 0 Å². The summed E-state index contributed by atoms with van der Waals surface area (Å²) in [5.74, 6) is -1.93. The van der Waals surface area contributed by atoms with Crippen molar-refractivity contribution in [2.45, 2.75) is 64.3 Å². The van der Waals surface area contributed by atoms with E-state index in [4.69, 9.17) is 5.73 Å². The number of phenols is 1. The number of hydrogen-bond donors (Lipinski definition) is 10. The molecule has 21 heteroatoms. The number of aliphatic imine (C=N–C) groups is 1. The van der Waals surface area contributed by atoms with Gasteiger partial charge >= 0.3 is 6.03 Å². The molecule has 21 nitrogen and oxygen atoms in total. The van der Waals surface area contributed by atoms with Crippen molar-refractivity contribution >= 4 is 53.1 Å². The minimum Gasteiger partial charge on any atom is -0.508 e. The van der Waals surface area contributed by atoms with Gasteiger partial charge < -0.3 is 57.9 Å². The smallest absolute Gasteiger partial charge is 0.321 e. The lowest BCUT2D eigenvalue weighted by atomic mass is 10.0. The van der Waals surface area contributed by atoms with E-state index < -0.39 is 29.9 Å². The lowest BCUT2D eigenvalue weighted by molar-refractivity contribution is -0.139. The number of aromatic hydroxyl groups is 1. The quantitative estimate of drug-likeness (QED) is 0.0294. The number of amides is 8. The van der Waals surface area contributed by atoms with E-state index in [1.807, 2.05) is 48.5 Å². The number of nitrogens with two attached hydrogens (primary N) is 1. The molecule has 0 fully saturated rings. The Morgan fingerprint density at radius 1 is 0.765 bits per heavy atom. The lowest BCUT2D eigenvalue weighted by Gasteiger charge is -2.29. The predicted octanol–water partition coefficient (Wildman–Crippen LogP) is 0.225. The highest BCUT2D eigenvalue weighted by molar-refractivity contribution is 5.95. The van der Waals surface area contributed by atoms with Gasteiger partial charge in [0, 0.05) is 78.6 Å². The van der Waals surface area contributed by atoms with Gasteiger partial charge in [0.25, 0.3) is 0 Å². The summed E-state index contributed by atoms with van der Waals surface area (Å²) in [6.45, 7) is 4.07. The van der Waals surface area contributed by atoms with E-state index in [0.29, 0.717) is 51.0 Å². The Morgan fingerprint density at radius 2 is 1.44 bits per heavy atom. The van der Waals surface area contributed by atoms with Gasteiger partial charge in [-0.15, -0.1) is 0 Å². The largest absolute Gasteiger partial charge is 0.508 e. The van der Waals surface area contributed by atoms with Crippen molar-refractivity contribution in [3.63, 3.8) is 0 Å². The van der Waals surface area contributed by atoms with Gasteiger partial charge in [0.05, 0.1) is 19.6 Å². The monoisotopic (exact) mass is 942 g/mol. The van der Waals surface area contributed by atoms with Gasteiger partial charge in [0.2, 0.25) is 35.4 Å². The molecule has 0 unspecified atom stereocenters. The molecule has 0 bridgehead atoms. The number of guanidine groups is 1. The minimum absolute atomic E-state index is 0.0895. The van der Waals surface area contributed by atoms with Crippen LogP contribution in [0, 0.1) is 0 Å². The molecule has 8 amide bonds. The molecule has 1 aliphatic heterocycles. The van der Waals surface area contributed by atoms with Crippen molar-refractivity contribution in [2.24, 2.45) is 10.7 Å². The number of benzene rings is 3. The zero-order chi connectivity index (χ0) is 49.4. The molecule has 68 heavy (non-hydrogen) atoms. The SMILES string of the molecule is CCC(=O)NCCNC(=O)NC(N)=NCCC[C@@H](NC(=O)[C@H](c1cccc(NCCCNC(=O)CN(C)C(=O)CN(C)C(=O)CNC)c1)N1Cc2ccccc2C1)C(=O)NCc1ccc(O)cc1. The summed E-state index contributed by atoms with van der Waals surface area (Å²) in [7, 11) is 4.68. The molecule has 3 aromatic carbocycles. The van der Waals surface area contributed by atoms with Crippen LogP contribution in [0.15, 0.2) is 77.8 Å². The fourth-order valence-electron chi connectivity index (χ4n) is 7.14. The number of nitrogens with zero attached hydrogens (tertiary/aromatic N) is 4. The highest BCUT2D eigenvalue weighted by Crippen LogP contribution is 2.33. The Balaban J connectivity index is 1.40. The Morgan fingerprint density at radius 3 is 2.13 bits per heavy atom. The van der Waals surface area contributed by atoms with Crippen LogP contribution in [0.2, 0.25) is 0 Å². The summed E-state index contributed by atoms with van der Waals surface area (Å²) in [6, 6.07) is 19.5. The number of carbonyl (C=O) groups excluding carboxylic acids is 7. The first-order valence-corrected chi connectivity index (χ1v) is 22.7. The van der Waals surface area contributed by atoms with Crippen molar-refractivity contribution < 1.29 is 38.7 Å².